The van der Waals surface area contributed by atoms with Crippen LogP contribution < -0.4 is 4.74 Å². The molecule has 8 heteroatoms. The summed E-state index contributed by atoms with van der Waals surface area (Å²) < 4.78 is 15.3. The molecule has 2 heterocycles. The van der Waals surface area contributed by atoms with Crippen molar-refractivity contribution >= 4 is 23.9 Å². The molecule has 1 saturated heterocycles. The summed E-state index contributed by atoms with van der Waals surface area (Å²) in [6, 6.07) is 10.5. The Bertz CT molecular complexity index is 882. The normalized spacial score (nSPS) is 14.1. The molecule has 0 atom stereocenters. The zero-order valence-corrected chi connectivity index (χ0v) is 16.1. The fourth-order valence-electron chi connectivity index (χ4n) is 2.90. The zero-order chi connectivity index (χ0) is 20.6. The van der Waals surface area contributed by atoms with Crippen molar-refractivity contribution < 1.29 is 28.3 Å². The van der Waals surface area contributed by atoms with E-state index in [1.165, 1.54) is 12.3 Å². The second-order valence-electron chi connectivity index (χ2n) is 6.37. The lowest BCUT2D eigenvalue weighted by atomic mass is 10.2. The molecule has 0 aliphatic carbocycles. The van der Waals surface area contributed by atoms with Gasteiger partial charge >= 0.3 is 5.97 Å². The maximum absolute atomic E-state index is 12.3. The molecule has 0 spiro atoms. The van der Waals surface area contributed by atoms with E-state index in [0.717, 1.165) is 5.56 Å². The third-order valence-corrected chi connectivity index (χ3v) is 4.50. The van der Waals surface area contributed by atoms with Gasteiger partial charge in [-0.3, -0.25) is 9.59 Å². The smallest absolute Gasteiger partial charge is 0.331 e. The molecule has 0 radical (unpaired) electrons. The van der Waals surface area contributed by atoms with E-state index in [1.54, 1.807) is 47.3 Å². The number of amides is 2. The highest BCUT2D eigenvalue weighted by molar-refractivity contribution is 5.92. The van der Waals surface area contributed by atoms with Crippen molar-refractivity contribution in [3.63, 3.8) is 0 Å². The van der Waals surface area contributed by atoms with Crippen LogP contribution in [0.5, 0.6) is 5.75 Å². The van der Waals surface area contributed by atoms with Gasteiger partial charge in [-0.2, -0.15) is 0 Å². The lowest BCUT2D eigenvalue weighted by molar-refractivity contribution is -0.148. The first-order chi connectivity index (χ1) is 14.1. The summed E-state index contributed by atoms with van der Waals surface area (Å²) >= 11 is 0. The van der Waals surface area contributed by atoms with Crippen LogP contribution in [-0.2, 0) is 14.3 Å². The Hall–Kier alpha value is -3.55. The van der Waals surface area contributed by atoms with E-state index >= 15 is 0 Å². The van der Waals surface area contributed by atoms with Crippen molar-refractivity contribution in [2.24, 2.45) is 0 Å². The molecular weight excluding hydrogens is 376 g/mol. The number of piperazine rings is 1. The van der Waals surface area contributed by atoms with Crippen LogP contribution in [0.3, 0.4) is 0 Å². The number of rotatable bonds is 6. The van der Waals surface area contributed by atoms with Gasteiger partial charge in [-0.15, -0.1) is 0 Å². The molecule has 8 nitrogen and oxygen atoms in total. The standard InChI is InChI=1S/C21H22N2O6/c1-27-17-5-2-4-16(14-17)7-8-20(25)29-15-19(24)22-9-11-23(12-10-22)21(26)18-6-3-13-28-18/h2-8,13-14H,9-12,15H2,1H3/b8-7+. The summed E-state index contributed by atoms with van der Waals surface area (Å²) in [4.78, 5) is 39.5. The first-order valence-electron chi connectivity index (χ1n) is 9.16. The Kier molecular flexibility index (Phi) is 6.67. The number of carbonyl (C=O) groups excluding carboxylic acids is 3. The van der Waals surface area contributed by atoms with E-state index in [-0.39, 0.29) is 24.2 Å². The molecule has 2 aromatic rings. The largest absolute Gasteiger partial charge is 0.497 e. The number of ether oxygens (including phenoxy) is 2. The zero-order valence-electron chi connectivity index (χ0n) is 16.1. The van der Waals surface area contributed by atoms with Crippen LogP contribution in [0.4, 0.5) is 0 Å². The Balaban J connectivity index is 1.42. The first kappa shape index (κ1) is 20.2. The highest BCUT2D eigenvalue weighted by Gasteiger charge is 2.26. The number of carbonyl (C=O) groups is 3. The van der Waals surface area contributed by atoms with E-state index < -0.39 is 5.97 Å². The Morgan fingerprint density at radius 2 is 1.83 bits per heavy atom. The molecule has 1 fully saturated rings. The van der Waals surface area contributed by atoms with Crippen molar-refractivity contribution in [3.8, 4) is 5.75 Å². The van der Waals surface area contributed by atoms with Crippen molar-refractivity contribution in [3.05, 3.63) is 60.1 Å². The molecule has 0 N–H and O–H groups in total. The highest BCUT2D eigenvalue weighted by atomic mass is 16.5. The fraction of sp³-hybridized carbons (Fsp3) is 0.286. The summed E-state index contributed by atoms with van der Waals surface area (Å²) in [5.41, 5.74) is 0.782. The Labute approximate surface area is 168 Å². The third kappa shape index (κ3) is 5.47. The molecule has 1 aromatic heterocycles. The second-order valence-corrected chi connectivity index (χ2v) is 6.37. The van der Waals surface area contributed by atoms with Gasteiger partial charge in [-0.25, -0.2) is 4.79 Å². The Morgan fingerprint density at radius 3 is 2.52 bits per heavy atom. The minimum absolute atomic E-state index is 0.198. The average molecular weight is 398 g/mol. The number of hydrogen-bond acceptors (Lipinski definition) is 6. The van der Waals surface area contributed by atoms with E-state index in [1.807, 2.05) is 12.1 Å². The molecule has 0 unspecified atom stereocenters. The van der Waals surface area contributed by atoms with Crippen LogP contribution in [0.25, 0.3) is 6.08 Å². The summed E-state index contributed by atoms with van der Waals surface area (Å²) in [6.07, 6.45) is 4.31. The second kappa shape index (κ2) is 9.59. The van der Waals surface area contributed by atoms with Gasteiger partial charge in [0.15, 0.2) is 12.4 Å². The molecular formula is C21H22N2O6. The monoisotopic (exact) mass is 398 g/mol. The third-order valence-electron chi connectivity index (χ3n) is 4.50. The van der Waals surface area contributed by atoms with Crippen LogP contribution in [0.15, 0.2) is 53.2 Å². The van der Waals surface area contributed by atoms with Gasteiger partial charge in [0, 0.05) is 32.3 Å². The highest BCUT2D eigenvalue weighted by Crippen LogP contribution is 2.14. The average Bonchev–Trinajstić information content (AvgIpc) is 3.30. The van der Waals surface area contributed by atoms with Gasteiger partial charge in [-0.1, -0.05) is 12.1 Å². The minimum Gasteiger partial charge on any atom is -0.497 e. The van der Waals surface area contributed by atoms with Crippen LogP contribution in [-0.4, -0.2) is 67.5 Å². The van der Waals surface area contributed by atoms with Crippen LogP contribution in [0, 0.1) is 0 Å². The van der Waals surface area contributed by atoms with Crippen molar-refractivity contribution in [1.82, 2.24) is 9.80 Å². The molecule has 3 rings (SSSR count). The maximum atomic E-state index is 12.3. The van der Waals surface area contributed by atoms with Gasteiger partial charge in [0.05, 0.1) is 13.4 Å². The van der Waals surface area contributed by atoms with Gasteiger partial charge in [-0.05, 0) is 35.9 Å². The number of esters is 1. The maximum Gasteiger partial charge on any atom is 0.331 e. The molecule has 1 aliphatic heterocycles. The minimum atomic E-state index is -0.604. The summed E-state index contributed by atoms with van der Waals surface area (Å²) in [6.45, 7) is 1.21. The molecule has 2 amide bonds. The van der Waals surface area contributed by atoms with E-state index in [9.17, 15) is 14.4 Å². The molecule has 1 aliphatic rings. The van der Waals surface area contributed by atoms with Gasteiger partial charge in [0.1, 0.15) is 5.75 Å². The van der Waals surface area contributed by atoms with Crippen molar-refractivity contribution in [1.29, 1.82) is 0 Å². The summed E-state index contributed by atoms with van der Waals surface area (Å²) in [5, 5.41) is 0. The van der Waals surface area contributed by atoms with Crippen LogP contribution >= 0.6 is 0 Å². The van der Waals surface area contributed by atoms with Crippen LogP contribution in [0.1, 0.15) is 16.1 Å². The predicted molar refractivity (Wildman–Crippen MR) is 104 cm³/mol. The molecule has 152 valence electrons. The number of methoxy groups -OCH3 is 1. The number of hydrogen-bond donors (Lipinski definition) is 0. The van der Waals surface area contributed by atoms with E-state index in [4.69, 9.17) is 13.9 Å². The SMILES string of the molecule is COc1cccc(/C=C/C(=O)OCC(=O)N2CCN(C(=O)c3ccco3)CC2)c1. The number of nitrogens with zero attached hydrogens (tertiary/aromatic N) is 2. The quantitative estimate of drug-likeness (QED) is 0.545. The number of benzene rings is 1. The van der Waals surface area contributed by atoms with Crippen molar-refractivity contribution in [2.45, 2.75) is 0 Å². The molecule has 0 saturated carbocycles. The molecule has 0 bridgehead atoms. The van der Waals surface area contributed by atoms with E-state index in [2.05, 4.69) is 0 Å². The van der Waals surface area contributed by atoms with E-state index in [0.29, 0.717) is 31.9 Å². The van der Waals surface area contributed by atoms with Gasteiger partial charge < -0.3 is 23.7 Å². The first-order valence-corrected chi connectivity index (χ1v) is 9.16. The lowest BCUT2D eigenvalue weighted by Gasteiger charge is -2.34. The topological polar surface area (TPSA) is 89.3 Å². The predicted octanol–water partition coefficient (Wildman–Crippen LogP) is 1.83. The molecule has 1 aromatic carbocycles. The summed E-state index contributed by atoms with van der Waals surface area (Å²) in [5.74, 6) is -0.135. The summed E-state index contributed by atoms with van der Waals surface area (Å²) in [7, 11) is 1.56. The molecule has 29 heavy (non-hydrogen) atoms. The van der Waals surface area contributed by atoms with Crippen LogP contribution in [0.2, 0.25) is 0 Å². The van der Waals surface area contributed by atoms with Gasteiger partial charge in [0.2, 0.25) is 0 Å². The number of furan rings is 1. The lowest BCUT2D eigenvalue weighted by Crippen LogP contribution is -2.51. The Morgan fingerprint density at radius 1 is 1.07 bits per heavy atom. The fourth-order valence-corrected chi connectivity index (χ4v) is 2.90. The van der Waals surface area contributed by atoms with Gasteiger partial charge in [0.25, 0.3) is 11.8 Å². The van der Waals surface area contributed by atoms with Crippen molar-refractivity contribution in [2.75, 3.05) is 39.9 Å².